The van der Waals surface area contributed by atoms with Gasteiger partial charge in [-0.1, -0.05) is 6.92 Å². The first-order chi connectivity index (χ1) is 9.48. The van der Waals surface area contributed by atoms with Crippen molar-refractivity contribution in [3.8, 4) is 0 Å². The Hall–Kier alpha value is -0.980. The summed E-state index contributed by atoms with van der Waals surface area (Å²) in [4.78, 5) is 16.0. The number of hydrogen-bond acceptors (Lipinski definition) is 4. The molecule has 110 valence electrons. The molecule has 0 saturated carbocycles. The summed E-state index contributed by atoms with van der Waals surface area (Å²) in [6.45, 7) is 5.86. The zero-order chi connectivity index (χ0) is 14.6. The first kappa shape index (κ1) is 15.4. The van der Waals surface area contributed by atoms with Gasteiger partial charge < -0.3 is 14.8 Å². The van der Waals surface area contributed by atoms with Crippen LogP contribution >= 0.6 is 15.9 Å². The predicted molar refractivity (Wildman–Crippen MR) is 78.4 cm³/mol. The first-order valence-corrected chi connectivity index (χ1v) is 7.44. The van der Waals surface area contributed by atoms with Gasteiger partial charge in [-0.05, 0) is 34.8 Å². The van der Waals surface area contributed by atoms with Crippen LogP contribution in [0.15, 0.2) is 22.9 Å². The Morgan fingerprint density at radius 1 is 1.50 bits per heavy atom. The van der Waals surface area contributed by atoms with Gasteiger partial charge in [0, 0.05) is 29.8 Å². The van der Waals surface area contributed by atoms with Gasteiger partial charge in [0.15, 0.2) is 5.79 Å². The van der Waals surface area contributed by atoms with Crippen LogP contribution in [0.1, 0.15) is 30.6 Å². The number of nitrogens with one attached hydrogen (secondary N) is 1. The number of aromatic nitrogens is 1. The topological polar surface area (TPSA) is 60.5 Å². The Morgan fingerprint density at radius 2 is 2.20 bits per heavy atom. The zero-order valence-corrected chi connectivity index (χ0v) is 13.3. The summed E-state index contributed by atoms with van der Waals surface area (Å²) < 4.78 is 11.9. The Morgan fingerprint density at radius 3 is 2.85 bits per heavy atom. The van der Waals surface area contributed by atoms with E-state index in [1.807, 2.05) is 6.92 Å². The van der Waals surface area contributed by atoms with E-state index in [0.717, 1.165) is 10.9 Å². The molecule has 1 aromatic rings. The van der Waals surface area contributed by atoms with Crippen molar-refractivity contribution >= 4 is 21.8 Å². The zero-order valence-electron chi connectivity index (χ0n) is 11.7. The molecule has 0 radical (unpaired) electrons. The number of carbonyl (C=O) groups excluding carboxylic acids is 1. The van der Waals surface area contributed by atoms with Crippen molar-refractivity contribution in [2.75, 3.05) is 19.8 Å². The number of carbonyl (C=O) groups is 1. The molecule has 1 atom stereocenters. The molecule has 0 unspecified atom stereocenters. The van der Waals surface area contributed by atoms with E-state index in [-0.39, 0.29) is 11.8 Å². The van der Waals surface area contributed by atoms with Gasteiger partial charge in [-0.2, -0.15) is 0 Å². The van der Waals surface area contributed by atoms with Crippen molar-refractivity contribution in [2.45, 2.75) is 26.1 Å². The van der Waals surface area contributed by atoms with Crippen molar-refractivity contribution in [2.24, 2.45) is 5.92 Å². The summed E-state index contributed by atoms with van der Waals surface area (Å²) in [6.07, 6.45) is 3.95. The molecule has 1 N–H and O–H groups in total. The summed E-state index contributed by atoms with van der Waals surface area (Å²) >= 11 is 3.30. The molecule has 1 fully saturated rings. The summed E-state index contributed by atoms with van der Waals surface area (Å²) in [5.41, 5.74) is 0.547. The predicted octanol–water partition coefficient (Wildman–Crippen LogP) is 2.36. The van der Waals surface area contributed by atoms with Crippen LogP contribution in [0.3, 0.4) is 0 Å². The minimum absolute atomic E-state index is 0.121. The van der Waals surface area contributed by atoms with Crippen LogP contribution in [0.5, 0.6) is 0 Å². The Kier molecular flexibility index (Phi) is 5.12. The molecule has 1 aliphatic rings. The average Bonchev–Trinajstić information content (AvgIpc) is 2.82. The minimum Gasteiger partial charge on any atom is -0.352 e. The van der Waals surface area contributed by atoms with E-state index in [1.165, 1.54) is 0 Å². The second-order valence-corrected chi connectivity index (χ2v) is 6.16. The van der Waals surface area contributed by atoms with Crippen LogP contribution in [0, 0.1) is 5.92 Å². The molecule has 0 bridgehead atoms. The maximum absolute atomic E-state index is 12.0. The van der Waals surface area contributed by atoms with E-state index in [0.29, 0.717) is 25.3 Å². The largest absolute Gasteiger partial charge is 0.352 e. The highest BCUT2D eigenvalue weighted by Gasteiger charge is 2.32. The van der Waals surface area contributed by atoms with E-state index in [9.17, 15) is 4.79 Å². The Labute approximate surface area is 127 Å². The fourth-order valence-electron chi connectivity index (χ4n) is 2.28. The first-order valence-electron chi connectivity index (χ1n) is 6.65. The fraction of sp³-hybridized carbons (Fsp3) is 0.571. The number of nitrogens with zero attached hydrogens (tertiary/aromatic N) is 1. The Balaban J connectivity index is 1.81. The van der Waals surface area contributed by atoms with E-state index >= 15 is 0 Å². The molecule has 6 heteroatoms. The normalized spacial score (nSPS) is 18.8. The smallest absolute Gasteiger partial charge is 0.252 e. The molecule has 2 rings (SSSR count). The van der Waals surface area contributed by atoms with Crippen LogP contribution in [0.4, 0.5) is 0 Å². The molecule has 1 aliphatic heterocycles. The quantitative estimate of drug-likeness (QED) is 0.892. The van der Waals surface area contributed by atoms with E-state index in [2.05, 4.69) is 33.2 Å². The highest BCUT2D eigenvalue weighted by molar-refractivity contribution is 9.10. The number of amides is 1. The standard InChI is InChI=1S/C14H19BrN2O3/c1-10(6-14(2)19-3-4-20-14)7-17-13(18)11-5-12(15)9-16-8-11/h5,8-10H,3-4,6-7H2,1-2H3,(H,17,18)/t10-/m0/s1. The maximum atomic E-state index is 12.0. The molecular formula is C14H19BrN2O3. The lowest BCUT2D eigenvalue weighted by atomic mass is 10.0. The average molecular weight is 343 g/mol. The highest BCUT2D eigenvalue weighted by Crippen LogP contribution is 2.26. The van der Waals surface area contributed by atoms with Crippen LogP contribution in [-0.4, -0.2) is 36.4 Å². The number of rotatable bonds is 5. The molecule has 5 nitrogen and oxygen atoms in total. The Bertz CT molecular complexity index is 475. The monoisotopic (exact) mass is 342 g/mol. The molecule has 1 saturated heterocycles. The van der Waals surface area contributed by atoms with Gasteiger partial charge >= 0.3 is 0 Å². The molecule has 0 spiro atoms. The third-order valence-electron chi connectivity index (χ3n) is 3.20. The van der Waals surface area contributed by atoms with Crippen molar-refractivity contribution in [3.05, 3.63) is 28.5 Å². The SMILES string of the molecule is C[C@H](CNC(=O)c1cncc(Br)c1)CC1(C)OCCO1. The fourth-order valence-corrected chi connectivity index (χ4v) is 2.65. The molecule has 0 aromatic carbocycles. The second-order valence-electron chi connectivity index (χ2n) is 5.24. The summed E-state index contributed by atoms with van der Waals surface area (Å²) in [5.74, 6) is -0.368. The van der Waals surface area contributed by atoms with E-state index in [1.54, 1.807) is 18.5 Å². The lowest BCUT2D eigenvalue weighted by Gasteiger charge is -2.26. The van der Waals surface area contributed by atoms with Crippen molar-refractivity contribution in [1.29, 1.82) is 0 Å². The summed E-state index contributed by atoms with van der Waals surface area (Å²) in [7, 11) is 0. The third kappa shape index (κ3) is 4.26. The van der Waals surface area contributed by atoms with E-state index in [4.69, 9.17) is 9.47 Å². The van der Waals surface area contributed by atoms with Gasteiger partial charge in [-0.3, -0.25) is 9.78 Å². The van der Waals surface area contributed by atoms with Crippen LogP contribution in [0.25, 0.3) is 0 Å². The summed E-state index contributed by atoms with van der Waals surface area (Å²) in [6, 6.07) is 1.75. The molecule has 1 amide bonds. The maximum Gasteiger partial charge on any atom is 0.252 e. The van der Waals surface area contributed by atoms with Gasteiger partial charge in [0.25, 0.3) is 5.91 Å². The van der Waals surface area contributed by atoms with Gasteiger partial charge in [0.1, 0.15) is 0 Å². The molecule has 1 aromatic heterocycles. The van der Waals surface area contributed by atoms with Crippen molar-refractivity contribution in [1.82, 2.24) is 10.3 Å². The second kappa shape index (κ2) is 6.65. The highest BCUT2D eigenvalue weighted by atomic mass is 79.9. The molecule has 2 heterocycles. The van der Waals surface area contributed by atoms with E-state index < -0.39 is 5.79 Å². The number of hydrogen-bond donors (Lipinski definition) is 1. The van der Waals surface area contributed by atoms with Crippen LogP contribution < -0.4 is 5.32 Å². The number of ether oxygens (including phenoxy) is 2. The third-order valence-corrected chi connectivity index (χ3v) is 3.63. The molecule has 20 heavy (non-hydrogen) atoms. The lowest BCUT2D eigenvalue weighted by Crippen LogP contribution is -2.34. The molecular weight excluding hydrogens is 324 g/mol. The molecule has 0 aliphatic carbocycles. The lowest BCUT2D eigenvalue weighted by molar-refractivity contribution is -0.153. The van der Waals surface area contributed by atoms with Gasteiger partial charge in [0.05, 0.1) is 18.8 Å². The number of pyridine rings is 1. The summed E-state index contributed by atoms with van der Waals surface area (Å²) in [5, 5.41) is 2.91. The van der Waals surface area contributed by atoms with Gasteiger partial charge in [-0.25, -0.2) is 0 Å². The minimum atomic E-state index is -0.512. The van der Waals surface area contributed by atoms with Gasteiger partial charge in [0.2, 0.25) is 0 Å². The van der Waals surface area contributed by atoms with Crippen molar-refractivity contribution < 1.29 is 14.3 Å². The van der Waals surface area contributed by atoms with Crippen LogP contribution in [0.2, 0.25) is 0 Å². The van der Waals surface area contributed by atoms with Crippen molar-refractivity contribution in [3.63, 3.8) is 0 Å². The number of halogens is 1. The van der Waals surface area contributed by atoms with Gasteiger partial charge in [-0.15, -0.1) is 0 Å². The van der Waals surface area contributed by atoms with Crippen LogP contribution in [-0.2, 0) is 9.47 Å².